The summed E-state index contributed by atoms with van der Waals surface area (Å²) in [6.45, 7) is 1.44. The molecule has 1 fully saturated rings. The van der Waals surface area contributed by atoms with E-state index >= 15 is 0 Å². The molecule has 1 N–H and O–H groups in total. The van der Waals surface area contributed by atoms with Crippen molar-refractivity contribution in [3.05, 3.63) is 90.3 Å². The van der Waals surface area contributed by atoms with Gasteiger partial charge >= 0.3 is 0 Å². The molecule has 0 aliphatic carbocycles. The fraction of sp³-hybridized carbons (Fsp3) is 0.259. The quantitative estimate of drug-likeness (QED) is 0.375. The highest BCUT2D eigenvalue weighted by atomic mass is 16.3. The number of hydrogen-bond acceptors (Lipinski definition) is 5. The van der Waals surface area contributed by atoms with Gasteiger partial charge in [-0.05, 0) is 36.1 Å². The Morgan fingerprint density at radius 2 is 1.85 bits per heavy atom. The number of hydrogen-bond donors (Lipinski definition) is 1. The monoisotopic (exact) mass is 453 g/mol. The van der Waals surface area contributed by atoms with Crippen molar-refractivity contribution in [3.63, 3.8) is 0 Å². The highest BCUT2D eigenvalue weighted by Crippen LogP contribution is 2.40. The summed E-state index contributed by atoms with van der Waals surface area (Å²) in [5.41, 5.74) is 3.25. The van der Waals surface area contributed by atoms with Crippen LogP contribution in [0.15, 0.2) is 89.4 Å². The molecule has 1 saturated heterocycles. The Hall–Kier alpha value is -3.84. The van der Waals surface area contributed by atoms with E-state index in [0.717, 1.165) is 42.3 Å². The second-order valence-corrected chi connectivity index (χ2v) is 8.63. The normalized spacial score (nSPS) is 16.9. The number of aromatic hydroxyl groups is 1. The molecule has 2 aromatic carbocycles. The molecule has 1 aliphatic rings. The first-order valence-corrected chi connectivity index (χ1v) is 11.6. The van der Waals surface area contributed by atoms with Gasteiger partial charge in [-0.3, -0.25) is 19.2 Å². The van der Waals surface area contributed by atoms with E-state index in [-0.39, 0.29) is 24.2 Å². The van der Waals surface area contributed by atoms with E-state index in [2.05, 4.69) is 26.2 Å². The van der Waals surface area contributed by atoms with Crippen molar-refractivity contribution in [1.82, 2.24) is 14.5 Å². The first kappa shape index (κ1) is 22.0. The SMILES string of the molecule is O=C(Cc1ccccc1)N=Nc1c(O)n(CN2CCCCC2c2cccnc2)c2ccccc12. The standard InChI is InChI=1S/C27H27N5O2/c33-25(17-20-9-2-1-3-10-20)29-30-26-22-12-4-5-14-24(22)32(27(26)34)19-31-16-7-6-13-23(31)21-11-8-15-28-18-21/h1-5,8-12,14-15,18,23,34H,6-7,13,16-17,19H2. The van der Waals surface area contributed by atoms with E-state index in [1.54, 1.807) is 6.20 Å². The second-order valence-electron chi connectivity index (χ2n) is 8.63. The van der Waals surface area contributed by atoms with E-state index in [9.17, 15) is 9.90 Å². The number of pyridine rings is 1. The van der Waals surface area contributed by atoms with Crippen LogP contribution in [-0.2, 0) is 17.9 Å². The van der Waals surface area contributed by atoms with Gasteiger partial charge in [0.2, 0.25) is 5.88 Å². The van der Waals surface area contributed by atoms with Crippen LogP contribution in [0.3, 0.4) is 0 Å². The van der Waals surface area contributed by atoms with Gasteiger partial charge in [-0.15, -0.1) is 10.2 Å². The Morgan fingerprint density at radius 1 is 1.03 bits per heavy atom. The number of nitrogens with zero attached hydrogens (tertiary/aromatic N) is 5. The van der Waals surface area contributed by atoms with E-state index < -0.39 is 0 Å². The molecule has 7 nitrogen and oxygen atoms in total. The third-order valence-corrected chi connectivity index (χ3v) is 6.38. The summed E-state index contributed by atoms with van der Waals surface area (Å²) in [5, 5.41) is 20.0. The van der Waals surface area contributed by atoms with Gasteiger partial charge in [-0.1, -0.05) is 61.0 Å². The van der Waals surface area contributed by atoms with Gasteiger partial charge in [0.1, 0.15) is 0 Å². The number of piperidine rings is 1. The third kappa shape index (κ3) is 4.61. The van der Waals surface area contributed by atoms with Crippen molar-refractivity contribution in [2.75, 3.05) is 6.54 Å². The second kappa shape index (κ2) is 9.97. The molecule has 34 heavy (non-hydrogen) atoms. The van der Waals surface area contributed by atoms with E-state index in [1.165, 1.54) is 5.56 Å². The highest BCUT2D eigenvalue weighted by Gasteiger charge is 2.26. The molecule has 3 heterocycles. The molecule has 1 unspecified atom stereocenters. The van der Waals surface area contributed by atoms with Gasteiger partial charge in [0, 0.05) is 30.4 Å². The number of amides is 1. The van der Waals surface area contributed by atoms with Gasteiger partial charge in [0.15, 0.2) is 5.69 Å². The maximum Gasteiger partial charge on any atom is 0.269 e. The largest absolute Gasteiger partial charge is 0.493 e. The van der Waals surface area contributed by atoms with Crippen molar-refractivity contribution < 1.29 is 9.90 Å². The highest BCUT2D eigenvalue weighted by molar-refractivity contribution is 5.95. The first-order valence-electron chi connectivity index (χ1n) is 11.6. The number of benzene rings is 2. The first-order chi connectivity index (χ1) is 16.7. The number of rotatable bonds is 6. The molecule has 5 rings (SSSR count). The van der Waals surface area contributed by atoms with E-state index in [4.69, 9.17) is 0 Å². The summed E-state index contributed by atoms with van der Waals surface area (Å²) >= 11 is 0. The average molecular weight is 454 g/mol. The van der Waals surface area contributed by atoms with Crippen molar-refractivity contribution in [2.45, 2.75) is 38.4 Å². The molecule has 0 bridgehead atoms. The van der Waals surface area contributed by atoms with Crippen LogP contribution in [0.1, 0.15) is 36.4 Å². The van der Waals surface area contributed by atoms with Crippen LogP contribution in [0.25, 0.3) is 10.9 Å². The topological polar surface area (TPSA) is 83.1 Å². The predicted molar refractivity (Wildman–Crippen MR) is 131 cm³/mol. The lowest BCUT2D eigenvalue weighted by atomic mass is 9.97. The minimum Gasteiger partial charge on any atom is -0.493 e. The molecule has 172 valence electrons. The maximum atomic E-state index is 12.4. The number of azo groups is 1. The number of para-hydroxylation sites is 1. The molecule has 1 aliphatic heterocycles. The Balaban J connectivity index is 1.43. The van der Waals surface area contributed by atoms with Crippen LogP contribution in [0.5, 0.6) is 5.88 Å². The average Bonchev–Trinajstić information content (AvgIpc) is 3.15. The molecule has 0 spiro atoms. The van der Waals surface area contributed by atoms with Gasteiger partial charge in [0.05, 0.1) is 18.6 Å². The number of likely N-dealkylation sites (tertiary alicyclic amines) is 1. The summed E-state index contributed by atoms with van der Waals surface area (Å²) in [5.74, 6) is -0.330. The van der Waals surface area contributed by atoms with Crippen molar-refractivity contribution >= 4 is 22.5 Å². The Labute approximate surface area is 198 Å². The van der Waals surface area contributed by atoms with Gasteiger partial charge in [0.25, 0.3) is 5.91 Å². The summed E-state index contributed by atoms with van der Waals surface area (Å²) < 4.78 is 1.86. The van der Waals surface area contributed by atoms with Crippen LogP contribution in [0, 0.1) is 0 Å². The lowest BCUT2D eigenvalue weighted by Crippen LogP contribution is -2.34. The molecule has 2 aromatic heterocycles. The Morgan fingerprint density at radius 3 is 2.68 bits per heavy atom. The molecule has 0 saturated carbocycles. The fourth-order valence-corrected chi connectivity index (χ4v) is 4.72. The predicted octanol–water partition coefficient (Wildman–Crippen LogP) is 5.78. The molecule has 7 heteroatoms. The molecule has 0 radical (unpaired) electrons. The van der Waals surface area contributed by atoms with Crippen molar-refractivity contribution in [2.24, 2.45) is 10.2 Å². The lowest BCUT2D eigenvalue weighted by molar-refractivity contribution is -0.117. The molecule has 1 amide bonds. The summed E-state index contributed by atoms with van der Waals surface area (Å²) in [6.07, 6.45) is 7.21. The van der Waals surface area contributed by atoms with Crippen LogP contribution >= 0.6 is 0 Å². The third-order valence-electron chi connectivity index (χ3n) is 6.38. The number of carbonyl (C=O) groups excluding carboxylic acids is 1. The zero-order chi connectivity index (χ0) is 23.3. The van der Waals surface area contributed by atoms with Gasteiger partial charge < -0.3 is 5.11 Å². The summed E-state index contributed by atoms with van der Waals surface area (Å²) in [6, 6.07) is 21.5. The molecular weight excluding hydrogens is 426 g/mol. The fourth-order valence-electron chi connectivity index (χ4n) is 4.72. The van der Waals surface area contributed by atoms with Crippen LogP contribution in [0.2, 0.25) is 0 Å². The Kier molecular flexibility index (Phi) is 6.44. The smallest absolute Gasteiger partial charge is 0.269 e. The van der Waals surface area contributed by atoms with Gasteiger partial charge in [-0.25, -0.2) is 0 Å². The zero-order valence-corrected chi connectivity index (χ0v) is 18.9. The van der Waals surface area contributed by atoms with E-state index in [1.807, 2.05) is 71.4 Å². The lowest BCUT2D eigenvalue weighted by Gasteiger charge is -2.36. The summed E-state index contributed by atoms with van der Waals surface area (Å²) in [4.78, 5) is 19.1. The Bertz CT molecular complexity index is 1300. The van der Waals surface area contributed by atoms with Crippen LogP contribution in [-0.4, -0.2) is 32.0 Å². The van der Waals surface area contributed by atoms with Crippen molar-refractivity contribution in [1.29, 1.82) is 0 Å². The number of aromatic nitrogens is 2. The van der Waals surface area contributed by atoms with E-state index in [0.29, 0.717) is 12.4 Å². The van der Waals surface area contributed by atoms with Crippen LogP contribution < -0.4 is 0 Å². The molecule has 1 atom stereocenters. The minimum absolute atomic E-state index is 0.0213. The molecular formula is C27H27N5O2. The minimum atomic E-state index is -0.352. The van der Waals surface area contributed by atoms with Crippen molar-refractivity contribution in [3.8, 4) is 5.88 Å². The number of carbonyl (C=O) groups is 1. The van der Waals surface area contributed by atoms with Gasteiger partial charge in [-0.2, -0.15) is 0 Å². The maximum absolute atomic E-state index is 12.4. The number of fused-ring (bicyclic) bond motifs is 1. The summed E-state index contributed by atoms with van der Waals surface area (Å²) in [7, 11) is 0. The van der Waals surface area contributed by atoms with Crippen LogP contribution in [0.4, 0.5) is 5.69 Å². The molecule has 4 aromatic rings. The zero-order valence-electron chi connectivity index (χ0n) is 18.9.